The van der Waals surface area contributed by atoms with E-state index in [1.165, 1.54) is 12.3 Å². The molecule has 0 spiro atoms. The van der Waals surface area contributed by atoms with E-state index < -0.39 is 0 Å². The molecule has 9 nitrogen and oxygen atoms in total. The molecule has 3 rings (SSSR count). The maximum absolute atomic E-state index is 12.0. The van der Waals surface area contributed by atoms with Crippen LogP contribution in [-0.4, -0.2) is 37.8 Å². The average Bonchev–Trinajstić information content (AvgIpc) is 3.11. The molecule has 3 N–H and O–H groups in total. The molecule has 136 valence electrons. The topological polar surface area (TPSA) is 145 Å². The van der Waals surface area contributed by atoms with Gasteiger partial charge in [-0.15, -0.1) is 0 Å². The van der Waals surface area contributed by atoms with Crippen molar-refractivity contribution in [3.8, 4) is 29.2 Å². The lowest BCUT2D eigenvalue weighted by Crippen LogP contribution is -2.27. The van der Waals surface area contributed by atoms with Crippen LogP contribution in [0.3, 0.4) is 0 Å². The zero-order valence-electron chi connectivity index (χ0n) is 14.1. The molecule has 0 saturated carbocycles. The van der Waals surface area contributed by atoms with Crippen LogP contribution in [0.2, 0.25) is 0 Å². The van der Waals surface area contributed by atoms with Gasteiger partial charge in [0.25, 0.3) is 5.89 Å². The van der Waals surface area contributed by atoms with Gasteiger partial charge in [0.05, 0.1) is 12.0 Å². The molecule has 3 aromatic rings. The number of benzene rings is 1. The minimum absolute atomic E-state index is 0.0381. The maximum Gasteiger partial charge on any atom is 0.280 e. The lowest BCUT2D eigenvalue weighted by atomic mass is 10.1. The van der Waals surface area contributed by atoms with Gasteiger partial charge in [-0.25, -0.2) is 4.98 Å². The molecule has 27 heavy (non-hydrogen) atoms. The summed E-state index contributed by atoms with van der Waals surface area (Å²) in [5.41, 5.74) is 1.22. The molecule has 0 unspecified atom stereocenters. The van der Waals surface area contributed by atoms with Crippen LogP contribution in [0.1, 0.15) is 17.0 Å². The summed E-state index contributed by atoms with van der Waals surface area (Å²) < 4.78 is 5.02. The Labute approximate surface area is 153 Å². The molecule has 9 heteroatoms. The monoisotopic (exact) mass is 365 g/mol. The van der Waals surface area contributed by atoms with Crippen LogP contribution in [0.5, 0.6) is 11.5 Å². The van der Waals surface area contributed by atoms with E-state index in [1.54, 1.807) is 24.3 Å². The highest BCUT2D eigenvalue weighted by atomic mass is 16.5. The second-order valence-electron chi connectivity index (χ2n) is 5.66. The molecule has 0 aliphatic rings. The molecular weight excluding hydrogens is 350 g/mol. The summed E-state index contributed by atoms with van der Waals surface area (Å²) in [5, 5.41) is 34.3. The lowest BCUT2D eigenvalue weighted by molar-refractivity contribution is -0.120. The van der Waals surface area contributed by atoms with Crippen molar-refractivity contribution in [1.82, 2.24) is 20.4 Å². The van der Waals surface area contributed by atoms with Crippen LogP contribution in [0.4, 0.5) is 0 Å². The zero-order valence-corrected chi connectivity index (χ0v) is 14.1. The highest BCUT2D eigenvalue weighted by molar-refractivity contribution is 5.77. The van der Waals surface area contributed by atoms with Gasteiger partial charge < -0.3 is 20.1 Å². The molecule has 2 heterocycles. The molecule has 2 aromatic heterocycles. The van der Waals surface area contributed by atoms with Gasteiger partial charge in [-0.1, -0.05) is 17.3 Å². The largest absolute Gasteiger partial charge is 0.508 e. The van der Waals surface area contributed by atoms with Crippen molar-refractivity contribution in [2.75, 3.05) is 6.54 Å². The maximum atomic E-state index is 12.0. The van der Waals surface area contributed by atoms with Gasteiger partial charge in [-0.2, -0.15) is 10.2 Å². The number of nitrogens with one attached hydrogen (secondary N) is 1. The number of nitriles is 1. The number of rotatable bonds is 6. The fourth-order valence-electron chi connectivity index (χ4n) is 2.32. The lowest BCUT2D eigenvalue weighted by Gasteiger charge is -2.04. The number of hydrogen-bond acceptors (Lipinski definition) is 8. The molecule has 0 fully saturated rings. The first kappa shape index (κ1) is 17.9. The van der Waals surface area contributed by atoms with Gasteiger partial charge in [0.15, 0.2) is 11.5 Å². The molecule has 0 aliphatic heterocycles. The van der Waals surface area contributed by atoms with E-state index in [4.69, 9.17) is 9.78 Å². The molecule has 0 atom stereocenters. The van der Waals surface area contributed by atoms with Gasteiger partial charge in [0.2, 0.25) is 5.91 Å². The Morgan fingerprint density at radius 1 is 1.26 bits per heavy atom. The molecular formula is C18H15N5O4. The SMILES string of the molecule is N#Cc1cnc(-c2nc(CC(=O)NCCc3ccc(O)cc3)no2)c(O)c1. The summed E-state index contributed by atoms with van der Waals surface area (Å²) in [4.78, 5) is 19.9. The van der Waals surface area contributed by atoms with E-state index in [1.807, 2.05) is 6.07 Å². The van der Waals surface area contributed by atoms with E-state index in [-0.39, 0.29) is 46.8 Å². The smallest absolute Gasteiger partial charge is 0.280 e. The molecule has 0 aliphatic carbocycles. The van der Waals surface area contributed by atoms with Crippen LogP contribution in [0, 0.1) is 11.3 Å². The van der Waals surface area contributed by atoms with E-state index >= 15 is 0 Å². The van der Waals surface area contributed by atoms with Crippen molar-refractivity contribution >= 4 is 5.91 Å². The van der Waals surface area contributed by atoms with Crippen molar-refractivity contribution in [3.05, 3.63) is 53.5 Å². The van der Waals surface area contributed by atoms with Crippen molar-refractivity contribution in [3.63, 3.8) is 0 Å². The Bertz CT molecular complexity index is 992. The zero-order chi connectivity index (χ0) is 19.2. The summed E-state index contributed by atoms with van der Waals surface area (Å²) >= 11 is 0. The Morgan fingerprint density at radius 3 is 2.74 bits per heavy atom. The second kappa shape index (κ2) is 7.97. The third-order valence-electron chi connectivity index (χ3n) is 3.66. The minimum atomic E-state index is -0.280. The second-order valence-corrected chi connectivity index (χ2v) is 5.66. The Morgan fingerprint density at radius 2 is 2.04 bits per heavy atom. The van der Waals surface area contributed by atoms with Crippen LogP contribution in [0.15, 0.2) is 41.1 Å². The van der Waals surface area contributed by atoms with E-state index in [9.17, 15) is 15.0 Å². The van der Waals surface area contributed by atoms with Crippen LogP contribution >= 0.6 is 0 Å². The molecule has 0 bridgehead atoms. The van der Waals surface area contributed by atoms with Gasteiger partial charge >= 0.3 is 0 Å². The summed E-state index contributed by atoms with van der Waals surface area (Å²) in [6.07, 6.45) is 1.80. The van der Waals surface area contributed by atoms with Gasteiger partial charge in [-0.3, -0.25) is 4.79 Å². The first-order valence-corrected chi connectivity index (χ1v) is 8.02. The third-order valence-corrected chi connectivity index (χ3v) is 3.66. The number of aromatic nitrogens is 3. The van der Waals surface area contributed by atoms with Gasteiger partial charge in [-0.05, 0) is 24.1 Å². The highest BCUT2D eigenvalue weighted by Gasteiger charge is 2.16. The number of nitrogens with zero attached hydrogens (tertiary/aromatic N) is 4. The number of hydrogen-bond donors (Lipinski definition) is 3. The molecule has 1 amide bonds. The minimum Gasteiger partial charge on any atom is -0.508 e. The fourth-order valence-corrected chi connectivity index (χ4v) is 2.32. The predicted molar refractivity (Wildman–Crippen MR) is 92.4 cm³/mol. The first-order valence-electron chi connectivity index (χ1n) is 8.02. The van der Waals surface area contributed by atoms with Crippen molar-refractivity contribution in [1.29, 1.82) is 5.26 Å². The van der Waals surface area contributed by atoms with E-state index in [0.29, 0.717) is 13.0 Å². The average molecular weight is 365 g/mol. The molecule has 0 radical (unpaired) electrons. The number of carbonyl (C=O) groups is 1. The van der Waals surface area contributed by atoms with E-state index in [0.717, 1.165) is 5.56 Å². The number of pyridine rings is 1. The van der Waals surface area contributed by atoms with Crippen molar-refractivity contribution in [2.24, 2.45) is 0 Å². The number of amides is 1. The van der Waals surface area contributed by atoms with Crippen LogP contribution in [0.25, 0.3) is 11.6 Å². The fraction of sp³-hybridized carbons (Fsp3) is 0.167. The summed E-state index contributed by atoms with van der Waals surface area (Å²) in [5.74, 6) is -0.235. The molecule has 0 saturated heterocycles. The number of aromatic hydroxyl groups is 2. The number of carbonyl (C=O) groups excluding carboxylic acids is 1. The molecule has 1 aromatic carbocycles. The standard InChI is InChI=1S/C18H15N5O4/c19-9-12-7-14(25)17(21-10-12)18-22-15(23-27-18)8-16(26)20-6-5-11-1-3-13(24)4-2-11/h1-4,7,10,24-25H,5-6,8H2,(H,20,26). The summed E-state index contributed by atoms with van der Waals surface area (Å²) in [6.45, 7) is 0.423. The Balaban J connectivity index is 1.55. The van der Waals surface area contributed by atoms with Crippen molar-refractivity contribution < 1.29 is 19.5 Å². The van der Waals surface area contributed by atoms with Gasteiger partial charge in [0, 0.05) is 18.8 Å². The van der Waals surface area contributed by atoms with Crippen molar-refractivity contribution in [2.45, 2.75) is 12.8 Å². The Hall–Kier alpha value is -3.93. The Kier molecular flexibility index (Phi) is 5.28. The quantitative estimate of drug-likeness (QED) is 0.593. The predicted octanol–water partition coefficient (Wildman–Crippen LogP) is 1.32. The van der Waals surface area contributed by atoms with E-state index in [2.05, 4.69) is 20.4 Å². The summed E-state index contributed by atoms with van der Waals surface area (Å²) in [6, 6.07) is 9.84. The third kappa shape index (κ3) is 4.58. The number of phenolic OH excluding ortho intramolecular Hbond substituents is 1. The van der Waals surface area contributed by atoms with Crippen LogP contribution < -0.4 is 5.32 Å². The normalized spacial score (nSPS) is 10.3. The highest BCUT2D eigenvalue weighted by Crippen LogP contribution is 2.25. The van der Waals surface area contributed by atoms with Gasteiger partial charge in [0.1, 0.15) is 17.6 Å². The summed E-state index contributed by atoms with van der Waals surface area (Å²) in [7, 11) is 0. The number of phenols is 1. The first-order chi connectivity index (χ1) is 13.0. The van der Waals surface area contributed by atoms with Crippen LogP contribution in [-0.2, 0) is 17.6 Å².